The van der Waals surface area contributed by atoms with E-state index in [0.29, 0.717) is 6.54 Å². The number of hydroxylamine groups is 1. The van der Waals surface area contributed by atoms with Gasteiger partial charge in [0.15, 0.2) is 0 Å². The van der Waals surface area contributed by atoms with Crippen LogP contribution in [0.25, 0.3) is 0 Å². The lowest BCUT2D eigenvalue weighted by molar-refractivity contribution is 0.203. The van der Waals surface area contributed by atoms with Gasteiger partial charge in [0.05, 0.1) is 0 Å². The second kappa shape index (κ2) is 6.29. The molecule has 0 aromatic rings. The topological polar surface area (TPSA) is 119 Å². The summed E-state index contributed by atoms with van der Waals surface area (Å²) in [5.41, 5.74) is 12.3. The minimum atomic E-state index is -3.71. The first kappa shape index (κ1) is 11.8. The summed E-state index contributed by atoms with van der Waals surface area (Å²) in [5, 5.41) is 0. The van der Waals surface area contributed by atoms with Gasteiger partial charge in [-0.05, 0) is 0 Å². The molecule has 0 aromatic heterocycles. The third-order valence-electron chi connectivity index (χ3n) is 0.838. The van der Waals surface area contributed by atoms with E-state index in [1.54, 1.807) is 0 Å². The Hall–Kier alpha value is -0.250. The molecule has 0 unspecified atom stereocenters. The van der Waals surface area contributed by atoms with E-state index in [-0.39, 0.29) is 19.6 Å². The lowest BCUT2D eigenvalue weighted by Crippen LogP contribution is -2.35. The highest BCUT2D eigenvalue weighted by atomic mass is 32.2. The van der Waals surface area contributed by atoms with E-state index in [4.69, 9.17) is 11.5 Å². The van der Waals surface area contributed by atoms with E-state index in [0.717, 1.165) is 0 Å². The van der Waals surface area contributed by atoms with Crippen molar-refractivity contribution in [3.63, 3.8) is 0 Å². The van der Waals surface area contributed by atoms with Crippen molar-refractivity contribution < 1.29 is 12.7 Å². The summed E-state index contributed by atoms with van der Waals surface area (Å²) < 4.78 is 27.9. The van der Waals surface area contributed by atoms with Gasteiger partial charge in [-0.25, -0.2) is 0 Å². The molecule has 0 amide bonds. The highest BCUT2D eigenvalue weighted by Crippen LogP contribution is 1.80. The van der Waals surface area contributed by atoms with Gasteiger partial charge in [-0.2, -0.15) is 22.9 Å². The van der Waals surface area contributed by atoms with Crippen molar-refractivity contribution in [3.8, 4) is 0 Å². The van der Waals surface area contributed by atoms with E-state index in [9.17, 15) is 8.42 Å². The van der Waals surface area contributed by atoms with Crippen LogP contribution in [0.5, 0.6) is 0 Å². The smallest absolute Gasteiger partial charge is 0.329 e. The SMILES string of the molecule is NCCNOS(=O)(=O)NCCN. The lowest BCUT2D eigenvalue weighted by Gasteiger charge is -2.05. The molecular weight excluding hydrogens is 184 g/mol. The Morgan fingerprint density at radius 2 is 1.75 bits per heavy atom. The Balaban J connectivity index is 3.58. The van der Waals surface area contributed by atoms with E-state index in [1.165, 1.54) is 0 Å². The van der Waals surface area contributed by atoms with Gasteiger partial charge in [-0.15, -0.1) is 0 Å². The highest BCUT2D eigenvalue weighted by Gasteiger charge is 2.07. The second-order valence-electron chi connectivity index (χ2n) is 1.90. The summed E-state index contributed by atoms with van der Waals surface area (Å²) in [6.45, 7) is 0.933. The van der Waals surface area contributed by atoms with Crippen molar-refractivity contribution >= 4 is 10.3 Å². The van der Waals surface area contributed by atoms with Crippen LogP contribution in [0.1, 0.15) is 0 Å². The van der Waals surface area contributed by atoms with Crippen LogP contribution in [0.3, 0.4) is 0 Å². The molecule has 6 N–H and O–H groups in total. The summed E-state index contributed by atoms with van der Waals surface area (Å²) in [7, 11) is -3.71. The molecule has 0 aliphatic heterocycles. The highest BCUT2D eigenvalue weighted by molar-refractivity contribution is 7.84. The standard InChI is InChI=1S/C4H14N4O3S/c5-1-3-7-11-12(9,10)8-4-2-6/h7-8H,1-6H2. The largest absolute Gasteiger partial charge is 0.351 e. The molecule has 0 saturated carbocycles. The first-order valence-electron chi connectivity index (χ1n) is 3.43. The molecule has 0 saturated heterocycles. The van der Waals surface area contributed by atoms with Gasteiger partial charge in [0.25, 0.3) is 0 Å². The molecular formula is C4H14N4O3S. The fourth-order valence-corrected chi connectivity index (χ4v) is 1.06. The van der Waals surface area contributed by atoms with E-state index in [1.807, 2.05) is 0 Å². The molecule has 0 spiro atoms. The Morgan fingerprint density at radius 1 is 1.17 bits per heavy atom. The number of rotatable bonds is 7. The number of hydrogen-bond donors (Lipinski definition) is 4. The Morgan fingerprint density at radius 3 is 2.25 bits per heavy atom. The first-order valence-corrected chi connectivity index (χ1v) is 4.84. The summed E-state index contributed by atoms with van der Waals surface area (Å²) in [6, 6.07) is 0. The third-order valence-corrected chi connectivity index (χ3v) is 1.73. The van der Waals surface area contributed by atoms with Crippen LogP contribution < -0.4 is 21.7 Å². The summed E-state index contributed by atoms with van der Waals surface area (Å²) in [6.07, 6.45) is 0. The van der Waals surface area contributed by atoms with E-state index in [2.05, 4.69) is 14.5 Å². The van der Waals surface area contributed by atoms with Crippen molar-refractivity contribution in [1.29, 1.82) is 0 Å². The van der Waals surface area contributed by atoms with Crippen LogP contribution in [0.2, 0.25) is 0 Å². The van der Waals surface area contributed by atoms with Gasteiger partial charge in [0, 0.05) is 26.2 Å². The van der Waals surface area contributed by atoms with Gasteiger partial charge in [-0.1, -0.05) is 0 Å². The summed E-state index contributed by atoms with van der Waals surface area (Å²) in [5.74, 6) is 0. The maximum absolute atomic E-state index is 10.8. The van der Waals surface area contributed by atoms with Crippen molar-refractivity contribution in [3.05, 3.63) is 0 Å². The molecule has 0 fully saturated rings. The second-order valence-corrected chi connectivity index (χ2v) is 3.27. The minimum absolute atomic E-state index is 0.145. The van der Waals surface area contributed by atoms with Crippen LogP contribution >= 0.6 is 0 Å². The molecule has 8 heteroatoms. The van der Waals surface area contributed by atoms with Gasteiger partial charge >= 0.3 is 10.3 Å². The average Bonchev–Trinajstić information content (AvgIpc) is 2.01. The fraction of sp³-hybridized carbons (Fsp3) is 1.00. The maximum Gasteiger partial charge on any atom is 0.351 e. The third kappa shape index (κ3) is 6.46. The van der Waals surface area contributed by atoms with Gasteiger partial charge in [0.2, 0.25) is 0 Å². The van der Waals surface area contributed by atoms with Crippen LogP contribution in [0.4, 0.5) is 0 Å². The first-order chi connectivity index (χ1) is 5.62. The number of nitrogens with two attached hydrogens (primary N) is 2. The zero-order valence-electron chi connectivity index (χ0n) is 6.62. The fourth-order valence-electron chi connectivity index (χ4n) is 0.392. The molecule has 12 heavy (non-hydrogen) atoms. The van der Waals surface area contributed by atoms with Crippen LogP contribution in [0.15, 0.2) is 0 Å². The van der Waals surface area contributed by atoms with Gasteiger partial charge in [0.1, 0.15) is 0 Å². The minimum Gasteiger partial charge on any atom is -0.329 e. The van der Waals surface area contributed by atoms with Gasteiger partial charge < -0.3 is 11.5 Å². The molecule has 0 atom stereocenters. The molecule has 0 aliphatic carbocycles. The zero-order valence-corrected chi connectivity index (χ0v) is 7.43. The monoisotopic (exact) mass is 198 g/mol. The van der Waals surface area contributed by atoms with E-state index >= 15 is 0 Å². The summed E-state index contributed by atoms with van der Waals surface area (Å²) in [4.78, 5) is 0. The molecule has 0 radical (unpaired) electrons. The molecule has 0 aromatic carbocycles. The molecule has 7 nitrogen and oxygen atoms in total. The molecule has 0 rings (SSSR count). The van der Waals surface area contributed by atoms with Crippen molar-refractivity contribution in [1.82, 2.24) is 10.2 Å². The van der Waals surface area contributed by atoms with Crippen LogP contribution in [0, 0.1) is 0 Å². The Kier molecular flexibility index (Phi) is 6.16. The average molecular weight is 198 g/mol. The summed E-state index contributed by atoms with van der Waals surface area (Å²) >= 11 is 0. The lowest BCUT2D eigenvalue weighted by atomic mass is 10.7. The number of hydrogen-bond acceptors (Lipinski definition) is 6. The van der Waals surface area contributed by atoms with Crippen molar-refractivity contribution in [2.75, 3.05) is 26.2 Å². The molecule has 74 valence electrons. The van der Waals surface area contributed by atoms with Gasteiger partial charge in [-0.3, -0.25) is 0 Å². The normalized spacial score (nSPS) is 11.8. The predicted molar refractivity (Wildman–Crippen MR) is 44.1 cm³/mol. The Bertz CT molecular complexity index is 192. The maximum atomic E-state index is 10.8. The Labute approximate surface area is 71.7 Å². The zero-order chi connectivity index (χ0) is 9.45. The van der Waals surface area contributed by atoms with Crippen molar-refractivity contribution in [2.24, 2.45) is 11.5 Å². The van der Waals surface area contributed by atoms with Crippen molar-refractivity contribution in [2.45, 2.75) is 0 Å². The molecule has 0 heterocycles. The molecule has 0 aliphatic rings. The quantitative estimate of drug-likeness (QED) is 0.260. The number of nitrogens with one attached hydrogen (secondary N) is 2. The van der Waals surface area contributed by atoms with Crippen LogP contribution in [-0.4, -0.2) is 34.6 Å². The van der Waals surface area contributed by atoms with Crippen LogP contribution in [-0.2, 0) is 14.6 Å². The molecule has 0 bridgehead atoms. The predicted octanol–water partition coefficient (Wildman–Crippen LogP) is -2.74. The van der Waals surface area contributed by atoms with E-state index < -0.39 is 10.3 Å².